The highest BCUT2D eigenvalue weighted by atomic mass is 16.5. The van der Waals surface area contributed by atoms with Gasteiger partial charge >= 0.3 is 0 Å². The minimum absolute atomic E-state index is 0.397. The maximum absolute atomic E-state index is 5.43. The third-order valence-electron chi connectivity index (χ3n) is 3.56. The predicted octanol–water partition coefficient (Wildman–Crippen LogP) is 1.88. The van der Waals surface area contributed by atoms with E-state index in [0.29, 0.717) is 24.9 Å². The fourth-order valence-corrected chi connectivity index (χ4v) is 2.37. The van der Waals surface area contributed by atoms with Gasteiger partial charge in [-0.05, 0) is 12.5 Å². The van der Waals surface area contributed by atoms with Gasteiger partial charge in [0, 0.05) is 19.0 Å². The molecule has 2 aromatic rings. The molecule has 0 radical (unpaired) electrons. The van der Waals surface area contributed by atoms with Gasteiger partial charge in [0.15, 0.2) is 5.82 Å². The van der Waals surface area contributed by atoms with Crippen LogP contribution in [0, 0.1) is 0 Å². The third kappa shape index (κ3) is 3.23. The number of nitrogens with zero attached hydrogens (tertiary/aromatic N) is 3. The number of aromatic nitrogens is 2. The molecule has 1 aromatic carbocycles. The molecule has 3 rings (SSSR count). The van der Waals surface area contributed by atoms with Crippen molar-refractivity contribution in [3.05, 3.63) is 47.6 Å². The molecule has 1 atom stereocenters. The van der Waals surface area contributed by atoms with E-state index in [0.717, 1.165) is 25.6 Å². The zero-order chi connectivity index (χ0) is 13.8. The van der Waals surface area contributed by atoms with Crippen molar-refractivity contribution in [3.8, 4) is 0 Å². The fourth-order valence-electron chi connectivity index (χ4n) is 2.37. The van der Waals surface area contributed by atoms with Crippen LogP contribution in [0.2, 0.25) is 0 Å². The van der Waals surface area contributed by atoms with Gasteiger partial charge in [-0.25, -0.2) is 0 Å². The van der Waals surface area contributed by atoms with E-state index in [1.165, 1.54) is 5.56 Å². The van der Waals surface area contributed by atoms with Gasteiger partial charge in [0.05, 0.1) is 19.8 Å². The number of benzene rings is 1. The summed E-state index contributed by atoms with van der Waals surface area (Å²) in [5, 5.41) is 4.06. The highest BCUT2D eigenvalue weighted by molar-refractivity contribution is 5.18. The molecule has 5 nitrogen and oxygen atoms in total. The van der Waals surface area contributed by atoms with E-state index < -0.39 is 0 Å². The zero-order valence-electron chi connectivity index (χ0n) is 11.7. The highest BCUT2D eigenvalue weighted by Gasteiger charge is 2.21. The normalized spacial score (nSPS) is 20.1. The van der Waals surface area contributed by atoms with Crippen molar-refractivity contribution in [1.82, 2.24) is 15.0 Å². The molecule has 20 heavy (non-hydrogen) atoms. The Bertz CT molecular complexity index is 541. The molecule has 1 aliphatic heterocycles. The molecular weight excluding hydrogens is 254 g/mol. The van der Waals surface area contributed by atoms with Gasteiger partial charge in [0.25, 0.3) is 0 Å². The summed E-state index contributed by atoms with van der Waals surface area (Å²) in [4.78, 5) is 6.78. The lowest BCUT2D eigenvalue weighted by atomic mass is 10.1. The molecular formula is C15H19N3O2. The Kier molecular flexibility index (Phi) is 4.08. The van der Waals surface area contributed by atoms with Crippen molar-refractivity contribution in [3.63, 3.8) is 0 Å². The van der Waals surface area contributed by atoms with E-state index >= 15 is 0 Å². The molecule has 0 spiro atoms. The van der Waals surface area contributed by atoms with Crippen LogP contribution < -0.4 is 0 Å². The first-order valence-electron chi connectivity index (χ1n) is 6.98. The Hall–Kier alpha value is -1.72. The predicted molar refractivity (Wildman–Crippen MR) is 74.2 cm³/mol. The molecule has 1 aromatic heterocycles. The van der Waals surface area contributed by atoms with Crippen LogP contribution in [0.25, 0.3) is 0 Å². The summed E-state index contributed by atoms with van der Waals surface area (Å²) in [7, 11) is 0. The van der Waals surface area contributed by atoms with Crippen LogP contribution >= 0.6 is 0 Å². The van der Waals surface area contributed by atoms with Crippen LogP contribution in [0.3, 0.4) is 0 Å². The van der Waals surface area contributed by atoms with E-state index in [-0.39, 0.29) is 0 Å². The molecule has 0 aliphatic carbocycles. The second kappa shape index (κ2) is 6.15. The Morgan fingerprint density at radius 2 is 2.15 bits per heavy atom. The topological polar surface area (TPSA) is 51.4 Å². The molecule has 5 heteroatoms. The quantitative estimate of drug-likeness (QED) is 0.851. The Morgan fingerprint density at radius 3 is 2.95 bits per heavy atom. The molecule has 0 saturated carbocycles. The number of hydrogen-bond donors (Lipinski definition) is 0. The van der Waals surface area contributed by atoms with Gasteiger partial charge < -0.3 is 9.26 Å². The lowest BCUT2D eigenvalue weighted by molar-refractivity contribution is -0.00852. The molecule has 1 fully saturated rings. The van der Waals surface area contributed by atoms with Crippen molar-refractivity contribution in [2.45, 2.75) is 25.9 Å². The van der Waals surface area contributed by atoms with Gasteiger partial charge in [-0.15, -0.1) is 0 Å². The smallest absolute Gasteiger partial charge is 0.240 e. The Balaban J connectivity index is 1.62. The lowest BCUT2D eigenvalue weighted by Gasteiger charge is -2.31. The number of hydrogen-bond acceptors (Lipinski definition) is 5. The molecule has 2 heterocycles. The van der Waals surface area contributed by atoms with Crippen LogP contribution in [0.5, 0.6) is 0 Å². The third-order valence-corrected chi connectivity index (χ3v) is 3.56. The van der Waals surface area contributed by atoms with Crippen molar-refractivity contribution in [1.29, 1.82) is 0 Å². The first kappa shape index (κ1) is 13.3. The molecule has 106 valence electrons. The van der Waals surface area contributed by atoms with Crippen molar-refractivity contribution < 1.29 is 9.26 Å². The number of ether oxygens (including phenoxy) is 1. The standard InChI is InChI=1S/C15H19N3O2/c1-12-11-19-8-7-18(12)10-15-16-14(17-20-15)9-13-5-3-2-4-6-13/h2-6,12H,7-11H2,1H3. The Morgan fingerprint density at radius 1 is 1.30 bits per heavy atom. The highest BCUT2D eigenvalue weighted by Crippen LogP contribution is 2.12. The van der Waals surface area contributed by atoms with Crippen molar-refractivity contribution in [2.24, 2.45) is 0 Å². The van der Waals surface area contributed by atoms with Crippen LogP contribution in [0.15, 0.2) is 34.9 Å². The summed E-state index contributed by atoms with van der Waals surface area (Å²) in [5.74, 6) is 1.43. The van der Waals surface area contributed by atoms with E-state index in [1.54, 1.807) is 0 Å². The monoisotopic (exact) mass is 273 g/mol. The average Bonchev–Trinajstić information content (AvgIpc) is 2.90. The van der Waals surface area contributed by atoms with Gasteiger partial charge in [-0.3, -0.25) is 4.90 Å². The van der Waals surface area contributed by atoms with Gasteiger partial charge in [0.2, 0.25) is 5.89 Å². The molecule has 0 amide bonds. The molecule has 1 unspecified atom stereocenters. The Labute approximate surface area is 118 Å². The first-order valence-corrected chi connectivity index (χ1v) is 6.98. The summed E-state index contributed by atoms with van der Waals surface area (Å²) >= 11 is 0. The van der Waals surface area contributed by atoms with Gasteiger partial charge in [0.1, 0.15) is 0 Å². The minimum atomic E-state index is 0.397. The van der Waals surface area contributed by atoms with Crippen LogP contribution in [0.4, 0.5) is 0 Å². The minimum Gasteiger partial charge on any atom is -0.379 e. The van der Waals surface area contributed by atoms with Crippen LogP contribution in [0.1, 0.15) is 24.2 Å². The van der Waals surface area contributed by atoms with Gasteiger partial charge in [-0.1, -0.05) is 35.5 Å². The lowest BCUT2D eigenvalue weighted by Crippen LogP contribution is -2.42. The number of morpholine rings is 1. The second-order valence-electron chi connectivity index (χ2n) is 5.16. The van der Waals surface area contributed by atoms with Crippen molar-refractivity contribution in [2.75, 3.05) is 19.8 Å². The van der Waals surface area contributed by atoms with Crippen LogP contribution in [-0.2, 0) is 17.7 Å². The van der Waals surface area contributed by atoms with E-state index in [9.17, 15) is 0 Å². The molecule has 1 saturated heterocycles. The van der Waals surface area contributed by atoms with Crippen LogP contribution in [-0.4, -0.2) is 40.8 Å². The molecule has 0 N–H and O–H groups in total. The summed E-state index contributed by atoms with van der Waals surface area (Å²) in [5.41, 5.74) is 1.19. The van der Waals surface area contributed by atoms with E-state index in [2.05, 4.69) is 34.1 Å². The fraction of sp³-hybridized carbons (Fsp3) is 0.467. The summed E-state index contributed by atoms with van der Waals surface area (Å²) < 4.78 is 10.8. The summed E-state index contributed by atoms with van der Waals surface area (Å²) in [6.07, 6.45) is 0.711. The summed E-state index contributed by atoms with van der Waals surface area (Å²) in [6.45, 7) is 5.31. The van der Waals surface area contributed by atoms with E-state index in [1.807, 2.05) is 18.2 Å². The average molecular weight is 273 g/mol. The molecule has 1 aliphatic rings. The first-order chi connectivity index (χ1) is 9.81. The van der Waals surface area contributed by atoms with Crippen molar-refractivity contribution >= 4 is 0 Å². The number of rotatable bonds is 4. The second-order valence-corrected chi connectivity index (χ2v) is 5.16. The maximum atomic E-state index is 5.43. The largest absolute Gasteiger partial charge is 0.379 e. The van der Waals surface area contributed by atoms with Gasteiger partial charge in [-0.2, -0.15) is 4.98 Å². The maximum Gasteiger partial charge on any atom is 0.240 e. The summed E-state index contributed by atoms with van der Waals surface area (Å²) in [6, 6.07) is 10.6. The SMILES string of the molecule is CC1COCCN1Cc1nc(Cc2ccccc2)no1. The van der Waals surface area contributed by atoms with E-state index in [4.69, 9.17) is 9.26 Å². The molecule has 0 bridgehead atoms. The zero-order valence-corrected chi connectivity index (χ0v) is 11.7.